The molecule has 3 N–H and O–H groups in total. The molecule has 0 aliphatic rings. The second-order valence-electron chi connectivity index (χ2n) is 6.59. The van der Waals surface area contributed by atoms with Crippen molar-refractivity contribution in [1.82, 2.24) is 9.97 Å². The monoisotopic (exact) mass is 386 g/mol. The summed E-state index contributed by atoms with van der Waals surface area (Å²) in [5.74, 6) is 0.197. The van der Waals surface area contributed by atoms with Crippen molar-refractivity contribution in [3.8, 4) is 0 Å². The van der Waals surface area contributed by atoms with E-state index < -0.39 is 5.97 Å². The lowest BCUT2D eigenvalue weighted by Crippen LogP contribution is -2.85. The van der Waals surface area contributed by atoms with Gasteiger partial charge in [-0.15, -0.1) is 11.3 Å². The van der Waals surface area contributed by atoms with Gasteiger partial charge in [0.05, 0.1) is 12.0 Å². The molecule has 0 fully saturated rings. The number of esters is 1. The number of H-pyrrole nitrogens is 1. The molecule has 0 spiro atoms. The Morgan fingerprint density at radius 2 is 1.96 bits per heavy atom. The molecular weight excluding hydrogens is 362 g/mol. The third-order valence-corrected chi connectivity index (χ3v) is 5.78. The molecule has 3 rings (SSSR count). The minimum absolute atomic E-state index is 0.0363. The molecule has 27 heavy (non-hydrogen) atoms. The zero-order chi connectivity index (χ0) is 19.6. The number of aryl methyl sites for hydroxylation is 1. The number of nitrogens with one attached hydrogen (secondary N) is 1. The Labute approximate surface area is 161 Å². The van der Waals surface area contributed by atoms with Crippen molar-refractivity contribution in [2.24, 2.45) is 0 Å². The van der Waals surface area contributed by atoms with Crippen molar-refractivity contribution in [2.45, 2.75) is 39.8 Å². The fourth-order valence-corrected chi connectivity index (χ4v) is 4.24. The molecule has 0 saturated carbocycles. The first-order valence-corrected chi connectivity index (χ1v) is 9.84. The second-order valence-corrected chi connectivity index (χ2v) is 7.59. The molecule has 2 atom stereocenters. The van der Waals surface area contributed by atoms with Crippen LogP contribution < -0.4 is 10.9 Å². The lowest BCUT2D eigenvalue weighted by Gasteiger charge is -2.16. The van der Waals surface area contributed by atoms with Crippen LogP contribution in [0.1, 0.15) is 59.5 Å². The molecule has 2 heterocycles. The first kappa shape index (κ1) is 19.3. The molecule has 1 aromatic carbocycles. The van der Waals surface area contributed by atoms with Gasteiger partial charge in [0.2, 0.25) is 0 Å². The van der Waals surface area contributed by atoms with Crippen LogP contribution in [0.2, 0.25) is 0 Å². The number of ether oxygens (including phenoxy) is 1. The number of rotatable bonds is 6. The third-order valence-electron chi connectivity index (χ3n) is 4.61. The quantitative estimate of drug-likeness (QED) is 0.638. The lowest BCUT2D eigenvalue weighted by atomic mass is 10.1. The summed E-state index contributed by atoms with van der Waals surface area (Å²) >= 11 is 1.21. The molecule has 3 aromatic rings. The Kier molecular flexibility index (Phi) is 5.72. The topological polar surface area (TPSA) is 88.7 Å². The van der Waals surface area contributed by atoms with Crippen LogP contribution in [0.25, 0.3) is 10.2 Å². The molecule has 0 aliphatic heterocycles. The van der Waals surface area contributed by atoms with Crippen LogP contribution in [0.4, 0.5) is 0 Å². The van der Waals surface area contributed by atoms with Gasteiger partial charge in [0.1, 0.15) is 21.8 Å². The van der Waals surface area contributed by atoms with Crippen LogP contribution in [0.3, 0.4) is 0 Å². The number of aromatic amines is 1. The van der Waals surface area contributed by atoms with E-state index in [1.54, 1.807) is 13.8 Å². The molecule has 0 saturated heterocycles. The molecule has 6 nitrogen and oxygen atoms in total. The van der Waals surface area contributed by atoms with Crippen LogP contribution in [0.5, 0.6) is 0 Å². The molecule has 7 heteroatoms. The van der Waals surface area contributed by atoms with Gasteiger partial charge in [0, 0.05) is 5.56 Å². The molecule has 0 radical (unpaired) electrons. The molecule has 0 unspecified atom stereocenters. The first-order valence-electron chi connectivity index (χ1n) is 9.02. The normalized spacial score (nSPS) is 13.5. The molecular formula is C20H24N3O3S+. The van der Waals surface area contributed by atoms with E-state index in [2.05, 4.69) is 34.3 Å². The third kappa shape index (κ3) is 3.94. The Morgan fingerprint density at radius 3 is 2.63 bits per heavy atom. The van der Waals surface area contributed by atoms with E-state index >= 15 is 0 Å². The molecule has 0 aliphatic carbocycles. The Morgan fingerprint density at radius 1 is 1.26 bits per heavy atom. The number of nitrogens with two attached hydrogens (primary N) is 1. The minimum Gasteiger partial charge on any atom is -0.462 e. The average Bonchev–Trinajstić information content (AvgIpc) is 2.99. The van der Waals surface area contributed by atoms with Gasteiger partial charge in [-0.05, 0) is 33.3 Å². The first-order chi connectivity index (χ1) is 12.9. The number of carbonyl (C=O) groups is 1. The zero-order valence-electron chi connectivity index (χ0n) is 15.9. The van der Waals surface area contributed by atoms with E-state index in [0.29, 0.717) is 33.1 Å². The highest BCUT2D eigenvalue weighted by atomic mass is 32.1. The van der Waals surface area contributed by atoms with E-state index in [1.807, 2.05) is 25.1 Å². The van der Waals surface area contributed by atoms with Gasteiger partial charge in [-0.2, -0.15) is 0 Å². The van der Waals surface area contributed by atoms with Crippen LogP contribution >= 0.6 is 11.3 Å². The number of hydrogen-bond donors (Lipinski definition) is 2. The van der Waals surface area contributed by atoms with Crippen LogP contribution in [0, 0.1) is 6.92 Å². The maximum Gasteiger partial charge on any atom is 0.348 e. The van der Waals surface area contributed by atoms with E-state index in [1.165, 1.54) is 16.9 Å². The van der Waals surface area contributed by atoms with Gasteiger partial charge < -0.3 is 15.0 Å². The number of nitrogens with zero attached hydrogens (tertiary/aromatic N) is 1. The van der Waals surface area contributed by atoms with E-state index in [-0.39, 0.29) is 17.6 Å². The van der Waals surface area contributed by atoms with E-state index in [0.717, 1.165) is 0 Å². The van der Waals surface area contributed by atoms with Crippen molar-refractivity contribution in [3.05, 3.63) is 62.5 Å². The summed E-state index contributed by atoms with van der Waals surface area (Å²) in [7, 11) is 0. The molecule has 142 valence electrons. The standard InChI is InChI=1S/C20H23N3O3S/c1-5-26-20(25)16-11(2)15-18(24)22-17(23-19(15)27-16)13(4)21-12(3)14-9-7-6-8-10-14/h6-10,12-13,21H,5H2,1-4H3,(H,22,23,24)/p+1/t12-,13-/m0/s1. The van der Waals surface area contributed by atoms with Crippen molar-refractivity contribution in [3.63, 3.8) is 0 Å². The van der Waals surface area contributed by atoms with Crippen molar-refractivity contribution in [2.75, 3.05) is 6.61 Å². The average molecular weight is 386 g/mol. The van der Waals surface area contributed by atoms with Gasteiger partial charge in [0.25, 0.3) is 5.56 Å². The highest BCUT2D eigenvalue weighted by Gasteiger charge is 2.23. The predicted octanol–water partition coefficient (Wildman–Crippen LogP) is 2.86. The largest absolute Gasteiger partial charge is 0.462 e. The molecule has 0 amide bonds. The van der Waals surface area contributed by atoms with Gasteiger partial charge in [-0.25, -0.2) is 9.78 Å². The molecule has 2 aromatic heterocycles. The summed E-state index contributed by atoms with van der Waals surface area (Å²) in [4.78, 5) is 33.3. The maximum atomic E-state index is 12.6. The summed E-state index contributed by atoms with van der Waals surface area (Å²) in [5.41, 5.74) is 1.62. The van der Waals surface area contributed by atoms with Gasteiger partial charge >= 0.3 is 5.97 Å². The van der Waals surface area contributed by atoms with Crippen LogP contribution in [-0.2, 0) is 4.74 Å². The number of hydrogen-bond acceptors (Lipinski definition) is 5. The smallest absolute Gasteiger partial charge is 0.348 e. The fourth-order valence-electron chi connectivity index (χ4n) is 3.16. The van der Waals surface area contributed by atoms with Crippen molar-refractivity contribution < 1.29 is 14.8 Å². The molecule has 0 bridgehead atoms. The van der Waals surface area contributed by atoms with Crippen molar-refractivity contribution >= 4 is 27.5 Å². The van der Waals surface area contributed by atoms with E-state index in [9.17, 15) is 9.59 Å². The zero-order valence-corrected chi connectivity index (χ0v) is 16.7. The Bertz CT molecular complexity index is 1010. The van der Waals surface area contributed by atoms with E-state index in [4.69, 9.17) is 4.74 Å². The number of fused-ring (bicyclic) bond motifs is 1. The Hall–Kier alpha value is -2.51. The van der Waals surface area contributed by atoms with Crippen LogP contribution in [0.15, 0.2) is 35.1 Å². The lowest BCUT2D eigenvalue weighted by molar-refractivity contribution is -0.729. The number of aromatic nitrogens is 2. The summed E-state index contributed by atoms with van der Waals surface area (Å²) in [6.45, 7) is 7.95. The summed E-state index contributed by atoms with van der Waals surface area (Å²) in [6.07, 6.45) is 0. The van der Waals surface area contributed by atoms with Gasteiger partial charge in [-0.1, -0.05) is 30.3 Å². The summed E-state index contributed by atoms with van der Waals surface area (Å²) in [5, 5.41) is 2.63. The number of carbonyl (C=O) groups excluding carboxylic acids is 1. The van der Waals surface area contributed by atoms with Crippen molar-refractivity contribution in [1.29, 1.82) is 0 Å². The van der Waals surface area contributed by atoms with Crippen LogP contribution in [-0.4, -0.2) is 22.5 Å². The number of benzene rings is 1. The maximum absolute atomic E-state index is 12.6. The highest BCUT2D eigenvalue weighted by Crippen LogP contribution is 2.28. The van der Waals surface area contributed by atoms with Gasteiger partial charge in [0.15, 0.2) is 5.82 Å². The predicted molar refractivity (Wildman–Crippen MR) is 106 cm³/mol. The number of thiophene rings is 1. The Balaban J connectivity index is 1.91. The summed E-state index contributed by atoms with van der Waals surface area (Å²) in [6, 6.07) is 10.4. The highest BCUT2D eigenvalue weighted by molar-refractivity contribution is 7.20. The minimum atomic E-state index is -0.406. The number of quaternary nitrogens is 1. The van der Waals surface area contributed by atoms with Gasteiger partial charge in [-0.3, -0.25) is 4.79 Å². The SMILES string of the molecule is CCOC(=O)c1sc2nc([C@H](C)[NH2+][C@@H](C)c3ccccc3)[nH]c(=O)c2c1C. The fraction of sp³-hybridized carbons (Fsp3) is 0.350. The summed E-state index contributed by atoms with van der Waals surface area (Å²) < 4.78 is 5.08. The second kappa shape index (κ2) is 8.02.